The van der Waals surface area contributed by atoms with E-state index >= 15 is 0 Å². The molecule has 9 aromatic carbocycles. The number of fused-ring (bicyclic) bond motifs is 11. The maximum absolute atomic E-state index is 5.45. The Labute approximate surface area is 309 Å². The Bertz CT molecular complexity index is 3510. The Kier molecular flexibility index (Phi) is 6.02. The van der Waals surface area contributed by atoms with E-state index in [9.17, 15) is 0 Å². The third-order valence-electron chi connectivity index (χ3n) is 11.2. The van der Waals surface area contributed by atoms with Crippen molar-refractivity contribution in [3.63, 3.8) is 0 Å². The number of nitrogens with zero attached hydrogens (tertiary/aromatic N) is 4. The van der Waals surface area contributed by atoms with Crippen LogP contribution in [-0.4, -0.2) is 19.1 Å². The second-order valence-electron chi connectivity index (χ2n) is 14.2. The smallest absolute Gasteiger partial charge is 0.165 e. The molecule has 0 radical (unpaired) electrons. The lowest BCUT2D eigenvalue weighted by atomic mass is 10.0. The van der Waals surface area contributed by atoms with Crippen molar-refractivity contribution in [2.75, 3.05) is 0 Å². The molecule has 0 spiro atoms. The lowest BCUT2D eigenvalue weighted by Gasteiger charge is -2.14. The van der Waals surface area contributed by atoms with Gasteiger partial charge >= 0.3 is 0 Å². The highest BCUT2D eigenvalue weighted by atomic mass is 15.1. The van der Waals surface area contributed by atoms with Gasteiger partial charge in [0.05, 0.1) is 33.1 Å². The summed E-state index contributed by atoms with van der Waals surface area (Å²) in [5.74, 6) is 0.813. The van der Waals surface area contributed by atoms with E-state index in [1.54, 1.807) is 0 Å². The molecule has 4 heteroatoms. The Morgan fingerprint density at radius 1 is 0.333 bits per heavy atom. The maximum Gasteiger partial charge on any atom is 0.165 e. The first-order valence-electron chi connectivity index (χ1n) is 18.4. The molecule has 3 aromatic heterocycles. The van der Waals surface area contributed by atoms with E-state index in [2.05, 4.69) is 179 Å². The summed E-state index contributed by atoms with van der Waals surface area (Å²) in [6.07, 6.45) is 0. The molecule has 54 heavy (non-hydrogen) atoms. The molecule has 0 atom stereocenters. The first-order chi connectivity index (χ1) is 26.8. The molecule has 250 valence electrons. The van der Waals surface area contributed by atoms with E-state index in [0.29, 0.717) is 0 Å². The lowest BCUT2D eigenvalue weighted by molar-refractivity contribution is 1.08. The Balaban J connectivity index is 1.24. The zero-order chi connectivity index (χ0) is 35.3. The van der Waals surface area contributed by atoms with Crippen LogP contribution in [0.5, 0.6) is 0 Å². The molecule has 12 rings (SSSR count). The molecule has 0 unspecified atom stereocenters. The Hall–Kier alpha value is -7.30. The lowest BCUT2D eigenvalue weighted by Crippen LogP contribution is -2.04. The van der Waals surface area contributed by atoms with Crippen LogP contribution in [0.15, 0.2) is 182 Å². The summed E-state index contributed by atoms with van der Waals surface area (Å²) in [6.45, 7) is 0. The van der Waals surface area contributed by atoms with Gasteiger partial charge in [-0.1, -0.05) is 127 Å². The van der Waals surface area contributed by atoms with Gasteiger partial charge in [-0.2, -0.15) is 0 Å². The largest absolute Gasteiger partial charge is 0.309 e. The summed E-state index contributed by atoms with van der Waals surface area (Å²) in [7, 11) is 0. The third-order valence-corrected chi connectivity index (χ3v) is 11.2. The van der Waals surface area contributed by atoms with Gasteiger partial charge in [-0.25, -0.2) is 9.97 Å². The molecule has 0 aliphatic heterocycles. The van der Waals surface area contributed by atoms with Crippen LogP contribution < -0.4 is 0 Å². The van der Waals surface area contributed by atoms with E-state index in [1.807, 2.05) is 12.1 Å². The van der Waals surface area contributed by atoms with Gasteiger partial charge < -0.3 is 4.57 Å². The predicted octanol–water partition coefficient (Wildman–Crippen LogP) is 13.0. The fourth-order valence-electron chi connectivity index (χ4n) is 8.75. The van der Waals surface area contributed by atoms with Gasteiger partial charge in [-0.15, -0.1) is 0 Å². The van der Waals surface area contributed by atoms with Crippen LogP contribution >= 0.6 is 0 Å². The molecule has 0 bridgehead atoms. The van der Waals surface area contributed by atoms with Gasteiger partial charge in [-0.05, 0) is 86.9 Å². The molecule has 0 saturated heterocycles. The van der Waals surface area contributed by atoms with Gasteiger partial charge in [0.1, 0.15) is 5.69 Å². The van der Waals surface area contributed by atoms with E-state index in [-0.39, 0.29) is 0 Å². The molecule has 0 N–H and O–H groups in total. The second kappa shape index (κ2) is 11.1. The average Bonchev–Trinajstić information content (AvgIpc) is 3.74. The van der Waals surface area contributed by atoms with Gasteiger partial charge in [-0.3, -0.25) is 4.57 Å². The fourth-order valence-corrected chi connectivity index (χ4v) is 8.75. The van der Waals surface area contributed by atoms with Gasteiger partial charge in [0.25, 0.3) is 0 Å². The van der Waals surface area contributed by atoms with Gasteiger partial charge in [0, 0.05) is 32.8 Å². The van der Waals surface area contributed by atoms with Gasteiger partial charge in [0.15, 0.2) is 5.82 Å². The SMILES string of the molecule is c1ccc2cc(-c3nc4ccccc4nc3-n3c4ccccc4c4cc5c6c7ccccc7ccc6n(-c6ccc7ccccc7c6)c5cc43)ccc2c1. The number of aromatic nitrogens is 4. The van der Waals surface area contributed by atoms with Crippen molar-refractivity contribution in [1.29, 1.82) is 0 Å². The van der Waals surface area contributed by atoms with Crippen molar-refractivity contribution in [1.82, 2.24) is 19.1 Å². The predicted molar refractivity (Wildman–Crippen MR) is 226 cm³/mol. The van der Waals surface area contributed by atoms with Crippen LogP contribution in [0.3, 0.4) is 0 Å². The summed E-state index contributed by atoms with van der Waals surface area (Å²) < 4.78 is 4.79. The summed E-state index contributed by atoms with van der Waals surface area (Å²) in [4.78, 5) is 10.8. The minimum Gasteiger partial charge on any atom is -0.309 e. The van der Waals surface area contributed by atoms with Crippen LogP contribution in [0.1, 0.15) is 0 Å². The summed E-state index contributed by atoms with van der Waals surface area (Å²) in [5, 5.41) is 12.2. The highest BCUT2D eigenvalue weighted by Gasteiger charge is 2.23. The average molecular weight is 687 g/mol. The first kappa shape index (κ1) is 29.3. The quantitative estimate of drug-likeness (QED) is 0.185. The minimum atomic E-state index is 0.813. The molecular weight excluding hydrogens is 657 g/mol. The fraction of sp³-hybridized carbons (Fsp3) is 0. The Morgan fingerprint density at radius 3 is 1.76 bits per heavy atom. The van der Waals surface area contributed by atoms with E-state index in [4.69, 9.17) is 9.97 Å². The first-order valence-corrected chi connectivity index (χ1v) is 18.4. The number of benzene rings is 9. The topological polar surface area (TPSA) is 35.6 Å². The number of hydrogen-bond donors (Lipinski definition) is 0. The number of rotatable bonds is 3. The molecular formula is C50H30N4. The Morgan fingerprint density at radius 2 is 0.944 bits per heavy atom. The molecule has 4 nitrogen and oxygen atoms in total. The van der Waals surface area contributed by atoms with E-state index < -0.39 is 0 Å². The monoisotopic (exact) mass is 686 g/mol. The highest BCUT2D eigenvalue weighted by Crippen LogP contribution is 2.43. The zero-order valence-corrected chi connectivity index (χ0v) is 29.1. The van der Waals surface area contributed by atoms with Crippen molar-refractivity contribution in [3.05, 3.63) is 182 Å². The minimum absolute atomic E-state index is 0.813. The standard InChI is InChI=1S/C50H30N4/c1-3-14-34-27-36(22-21-31(34)11-1)49-50(52-43-19-9-8-18-42(43)51-49)54-44-20-10-7-17-39(44)40-29-41-47(30-46(40)54)53(37-25-23-32-12-2-4-15-35(32)28-37)45-26-24-33-13-5-6-16-38(33)48(41)45/h1-30H. The van der Waals surface area contributed by atoms with Crippen molar-refractivity contribution in [2.24, 2.45) is 0 Å². The highest BCUT2D eigenvalue weighted by molar-refractivity contribution is 6.25. The van der Waals surface area contributed by atoms with Crippen molar-refractivity contribution < 1.29 is 0 Å². The molecule has 0 saturated carbocycles. The molecule has 0 fully saturated rings. The van der Waals surface area contributed by atoms with Crippen molar-refractivity contribution in [3.8, 4) is 22.8 Å². The van der Waals surface area contributed by atoms with Crippen LogP contribution in [0.2, 0.25) is 0 Å². The van der Waals surface area contributed by atoms with Crippen LogP contribution in [-0.2, 0) is 0 Å². The van der Waals surface area contributed by atoms with Crippen LogP contribution in [0, 0.1) is 0 Å². The van der Waals surface area contributed by atoms with Crippen molar-refractivity contribution >= 4 is 87.0 Å². The molecule has 0 aliphatic carbocycles. The number of hydrogen-bond acceptors (Lipinski definition) is 2. The molecule has 12 aromatic rings. The van der Waals surface area contributed by atoms with Crippen molar-refractivity contribution in [2.45, 2.75) is 0 Å². The van der Waals surface area contributed by atoms with E-state index in [1.165, 1.54) is 59.4 Å². The summed E-state index contributed by atoms with van der Waals surface area (Å²) in [5.41, 5.74) is 9.26. The molecule has 0 aliphatic rings. The summed E-state index contributed by atoms with van der Waals surface area (Å²) in [6, 6.07) is 65.5. The third kappa shape index (κ3) is 4.19. The zero-order valence-electron chi connectivity index (χ0n) is 29.1. The van der Waals surface area contributed by atoms with Crippen LogP contribution in [0.25, 0.3) is 110 Å². The normalized spacial score (nSPS) is 12.1. The van der Waals surface area contributed by atoms with Crippen LogP contribution in [0.4, 0.5) is 0 Å². The molecule has 0 amide bonds. The summed E-state index contributed by atoms with van der Waals surface area (Å²) >= 11 is 0. The van der Waals surface area contributed by atoms with Gasteiger partial charge in [0.2, 0.25) is 0 Å². The second-order valence-corrected chi connectivity index (χ2v) is 14.2. The molecule has 3 heterocycles. The maximum atomic E-state index is 5.45. The number of para-hydroxylation sites is 3. The van der Waals surface area contributed by atoms with E-state index in [0.717, 1.165) is 50.3 Å².